The van der Waals surface area contributed by atoms with Gasteiger partial charge in [-0.05, 0) is 137 Å². The van der Waals surface area contributed by atoms with E-state index in [0.29, 0.717) is 73.9 Å². The maximum absolute atomic E-state index is 16.1. The van der Waals surface area contributed by atoms with E-state index < -0.39 is 6.04 Å². The van der Waals surface area contributed by atoms with Crippen molar-refractivity contribution < 1.29 is 23.2 Å². The summed E-state index contributed by atoms with van der Waals surface area (Å²) in [5.74, 6) is -1.03. The van der Waals surface area contributed by atoms with Crippen molar-refractivity contribution in [3.63, 3.8) is 0 Å². The molecule has 3 aromatic heterocycles. The smallest absolute Gasteiger partial charge is 0.260 e. The lowest BCUT2D eigenvalue weighted by atomic mass is 9.87. The normalized spacial score (nSPS) is 20.6. The SMILES string of the molecule is Cc1cc(C(=O)N2CCC(C/C3=C\CCN(c4ccc(N[C@@H]5CCC(=O)NC5=O)cc4F)CCC3)CC2)cc(F)c1C1=CCN(C(C)c2cc3c(-n4ccc5c(c4=O)CCN5)ccnc3n2C)CC1. The number of nitrogens with one attached hydrogen (secondary N) is 3. The third-order valence-corrected chi connectivity index (χ3v) is 15.2. The highest BCUT2D eigenvalue weighted by Gasteiger charge is 2.30. The molecule has 360 valence electrons. The number of aryl methyl sites for hydroxylation is 2. The zero-order chi connectivity index (χ0) is 47.9. The lowest BCUT2D eigenvalue weighted by molar-refractivity contribution is -0.133. The zero-order valence-electron chi connectivity index (χ0n) is 39.8. The third kappa shape index (κ3) is 9.32. The van der Waals surface area contributed by atoms with E-state index in [4.69, 9.17) is 4.98 Å². The molecule has 8 heterocycles. The van der Waals surface area contributed by atoms with Crippen molar-refractivity contribution in [1.82, 2.24) is 29.2 Å². The number of halogens is 2. The van der Waals surface area contributed by atoms with Crippen molar-refractivity contribution in [2.45, 2.75) is 90.1 Å². The molecule has 2 saturated heterocycles. The first-order valence-electron chi connectivity index (χ1n) is 24.7. The Morgan fingerprint density at radius 2 is 1.74 bits per heavy atom. The van der Waals surface area contributed by atoms with Crippen LogP contribution in [0.5, 0.6) is 0 Å². The summed E-state index contributed by atoms with van der Waals surface area (Å²) in [6.45, 7) is 8.93. The van der Waals surface area contributed by atoms with Gasteiger partial charge in [-0.25, -0.2) is 13.8 Å². The maximum atomic E-state index is 16.1. The van der Waals surface area contributed by atoms with Gasteiger partial charge in [0.15, 0.2) is 0 Å². The fourth-order valence-electron chi connectivity index (χ4n) is 11.4. The van der Waals surface area contributed by atoms with Gasteiger partial charge in [-0.1, -0.05) is 17.7 Å². The lowest BCUT2D eigenvalue weighted by Crippen LogP contribution is -2.47. The summed E-state index contributed by atoms with van der Waals surface area (Å²) in [4.78, 5) is 62.0. The predicted octanol–water partition coefficient (Wildman–Crippen LogP) is 8.21. The summed E-state index contributed by atoms with van der Waals surface area (Å²) < 4.78 is 35.3. The molecule has 5 aliphatic rings. The number of fused-ring (bicyclic) bond motifs is 2. The van der Waals surface area contributed by atoms with Crippen molar-refractivity contribution >= 4 is 51.4 Å². The summed E-state index contributed by atoms with van der Waals surface area (Å²) >= 11 is 0. The molecule has 5 aliphatic heterocycles. The van der Waals surface area contributed by atoms with Crippen LogP contribution in [-0.4, -0.2) is 93.5 Å². The van der Waals surface area contributed by atoms with Gasteiger partial charge < -0.3 is 25.0 Å². The highest BCUT2D eigenvalue weighted by molar-refractivity contribution is 6.01. The van der Waals surface area contributed by atoms with Gasteiger partial charge in [0, 0.05) is 117 Å². The fourth-order valence-corrected chi connectivity index (χ4v) is 11.4. The molecule has 2 atom stereocenters. The molecule has 1 unspecified atom stereocenters. The van der Waals surface area contributed by atoms with E-state index in [0.717, 1.165) is 103 Å². The van der Waals surface area contributed by atoms with Crippen molar-refractivity contribution in [1.29, 1.82) is 0 Å². The minimum absolute atomic E-state index is 0.00478. The number of pyridine rings is 2. The molecule has 0 spiro atoms. The van der Waals surface area contributed by atoms with Gasteiger partial charge in [0.2, 0.25) is 11.8 Å². The Kier molecular flexibility index (Phi) is 13.0. The van der Waals surface area contributed by atoms with Crippen LogP contribution in [-0.2, 0) is 23.1 Å². The van der Waals surface area contributed by atoms with Gasteiger partial charge in [-0.2, -0.15) is 0 Å². The van der Waals surface area contributed by atoms with Gasteiger partial charge in [-0.3, -0.25) is 34.0 Å². The molecular formula is C54H61F2N9O4. The van der Waals surface area contributed by atoms with Crippen LogP contribution in [0.3, 0.4) is 0 Å². The van der Waals surface area contributed by atoms with E-state index in [9.17, 15) is 19.2 Å². The summed E-state index contributed by atoms with van der Waals surface area (Å²) in [6, 6.07) is 13.7. The van der Waals surface area contributed by atoms with E-state index in [1.807, 2.05) is 43.3 Å². The minimum atomic E-state index is -0.568. The predicted molar refractivity (Wildman–Crippen MR) is 266 cm³/mol. The second-order valence-electron chi connectivity index (χ2n) is 19.6. The van der Waals surface area contributed by atoms with Gasteiger partial charge in [0.05, 0.1) is 11.4 Å². The number of aromatic nitrogens is 3. The number of likely N-dealkylation sites (tertiary alicyclic amines) is 1. The first kappa shape index (κ1) is 46.1. The molecule has 0 aliphatic carbocycles. The number of piperidine rings is 2. The van der Waals surface area contributed by atoms with Crippen LogP contribution >= 0.6 is 0 Å². The van der Waals surface area contributed by atoms with Crippen molar-refractivity contribution in [2.24, 2.45) is 13.0 Å². The second-order valence-corrected chi connectivity index (χ2v) is 19.6. The van der Waals surface area contributed by atoms with Crippen LogP contribution in [0.15, 0.2) is 83.4 Å². The Balaban J connectivity index is 0.721. The number of rotatable bonds is 10. The lowest BCUT2D eigenvalue weighted by Gasteiger charge is -2.34. The Bertz CT molecular complexity index is 2940. The molecule has 15 heteroatoms. The topological polar surface area (TPSA) is 137 Å². The number of anilines is 3. The molecule has 2 aromatic carbocycles. The number of nitrogens with zero attached hydrogens (tertiary/aromatic N) is 6. The third-order valence-electron chi connectivity index (χ3n) is 15.2. The molecule has 0 bridgehead atoms. The van der Waals surface area contributed by atoms with E-state index in [2.05, 4.69) is 55.5 Å². The quantitative estimate of drug-likeness (QED) is 0.0936. The number of benzene rings is 2. The van der Waals surface area contributed by atoms with Crippen LogP contribution in [0, 0.1) is 24.5 Å². The van der Waals surface area contributed by atoms with Crippen molar-refractivity contribution in [3.8, 4) is 5.69 Å². The molecule has 2 fully saturated rings. The molecule has 3 N–H and O–H groups in total. The van der Waals surface area contributed by atoms with Gasteiger partial charge in [-0.15, -0.1) is 0 Å². The summed E-state index contributed by atoms with van der Waals surface area (Å²) in [7, 11) is 2.02. The van der Waals surface area contributed by atoms with Gasteiger partial charge in [0.1, 0.15) is 23.3 Å². The van der Waals surface area contributed by atoms with Crippen molar-refractivity contribution in [2.75, 3.05) is 61.3 Å². The minimum Gasteiger partial charge on any atom is -0.384 e. The molecule has 0 radical (unpaired) electrons. The summed E-state index contributed by atoms with van der Waals surface area (Å²) in [5, 5.41) is 9.60. The molecule has 0 saturated carbocycles. The maximum Gasteiger partial charge on any atom is 0.260 e. The van der Waals surface area contributed by atoms with Crippen LogP contribution < -0.4 is 26.4 Å². The largest absolute Gasteiger partial charge is 0.384 e. The molecule has 69 heavy (non-hydrogen) atoms. The summed E-state index contributed by atoms with van der Waals surface area (Å²) in [6.07, 6.45) is 15.5. The number of carbonyl (C=O) groups excluding carboxylic acids is 3. The average molecular weight is 938 g/mol. The highest BCUT2D eigenvalue weighted by atomic mass is 19.1. The first-order chi connectivity index (χ1) is 33.4. The van der Waals surface area contributed by atoms with Gasteiger partial charge >= 0.3 is 0 Å². The Morgan fingerprint density at radius 3 is 2.51 bits per heavy atom. The van der Waals surface area contributed by atoms with E-state index in [1.54, 1.807) is 22.9 Å². The number of hydrogen-bond donors (Lipinski definition) is 3. The number of imide groups is 1. The van der Waals surface area contributed by atoms with E-state index in [-0.39, 0.29) is 47.4 Å². The number of amides is 3. The first-order valence-corrected chi connectivity index (χ1v) is 24.7. The number of hydrogen-bond acceptors (Lipinski definition) is 9. The monoisotopic (exact) mass is 937 g/mol. The number of carbonyl (C=O) groups is 3. The van der Waals surface area contributed by atoms with Crippen LogP contribution in [0.1, 0.15) is 103 Å². The van der Waals surface area contributed by atoms with Crippen molar-refractivity contribution in [3.05, 3.63) is 129 Å². The number of allylic oxidation sites excluding steroid dienone is 1. The van der Waals surface area contributed by atoms with E-state index in [1.165, 1.54) is 17.7 Å². The Hall–Kier alpha value is -6.61. The molecule has 3 amide bonds. The van der Waals surface area contributed by atoms with Crippen LogP contribution in [0.2, 0.25) is 0 Å². The molecule has 5 aromatic rings. The molecular weight excluding hydrogens is 877 g/mol. The second kappa shape index (κ2) is 19.4. The van der Waals surface area contributed by atoms with Crippen LogP contribution in [0.25, 0.3) is 22.3 Å². The Morgan fingerprint density at radius 1 is 0.899 bits per heavy atom. The Labute approximate surface area is 401 Å². The molecule has 10 rings (SSSR count). The standard InChI is InChI=1S/C54H61F2N9O4/c1-33-28-38(53(68)64-23-14-36(15-24-64)29-35-6-4-21-63(22-5-7-35)47-10-8-39(31-42(47)55)59-45-9-11-49(66)60-52(45)67)30-43(56)50(33)37-16-25-62(26-17-37)34(2)48-32-41-46(13-20-58-51(41)61(48)3)65-27-18-44-40(54(65)69)12-19-57-44/h6,8,10,13,16,18,20,27-28,30-32,34,36,45,57,59H,4-5,7,9,11-12,14-15,17,19,21-26,29H2,1-3H3,(H,60,66,67)/b35-6-/t34?,45-/m1/s1. The van der Waals surface area contributed by atoms with Gasteiger partial charge in [0.25, 0.3) is 11.5 Å². The van der Waals surface area contributed by atoms with E-state index >= 15 is 8.78 Å². The molecule has 13 nitrogen and oxygen atoms in total. The zero-order valence-corrected chi connectivity index (χ0v) is 39.8. The van der Waals surface area contributed by atoms with Crippen LogP contribution in [0.4, 0.5) is 25.8 Å². The summed E-state index contributed by atoms with van der Waals surface area (Å²) in [5.41, 5.74) is 9.61. The highest BCUT2D eigenvalue weighted by Crippen LogP contribution is 2.36. The fraction of sp³-hybridized carbons (Fsp3) is 0.426. The average Bonchev–Trinajstić information content (AvgIpc) is 3.96.